The van der Waals surface area contributed by atoms with E-state index in [2.05, 4.69) is 0 Å². The van der Waals surface area contributed by atoms with Crippen LogP contribution in [-0.4, -0.2) is 55.5 Å². The molecule has 1 fully saturated rings. The Morgan fingerprint density at radius 2 is 2.07 bits per heavy atom. The molecule has 0 saturated carbocycles. The smallest absolute Gasteiger partial charge is 0.305 e. The summed E-state index contributed by atoms with van der Waals surface area (Å²) in [5.74, 6) is -0.803. The van der Waals surface area contributed by atoms with E-state index in [1.165, 1.54) is 0 Å². The summed E-state index contributed by atoms with van der Waals surface area (Å²) in [6.45, 7) is 0. The second-order valence-corrected chi connectivity index (χ2v) is 6.57. The van der Waals surface area contributed by atoms with Gasteiger partial charge in [0.05, 0.1) is 17.9 Å². The van der Waals surface area contributed by atoms with Crippen LogP contribution in [0.1, 0.15) is 19.3 Å². The number of nitrogens with zero attached hydrogens (tertiary/aromatic N) is 1. The number of hydrogen-bond acceptors (Lipinski definition) is 4. The largest absolute Gasteiger partial charge is 0.481 e. The summed E-state index contributed by atoms with van der Waals surface area (Å²) in [4.78, 5) is 12.5. The highest BCUT2D eigenvalue weighted by molar-refractivity contribution is 7.91. The molecule has 0 aromatic heterocycles. The molecule has 0 aromatic carbocycles. The van der Waals surface area contributed by atoms with Crippen LogP contribution in [-0.2, 0) is 14.6 Å². The van der Waals surface area contributed by atoms with Crippen molar-refractivity contribution in [2.45, 2.75) is 24.8 Å². The lowest BCUT2D eigenvalue weighted by Gasteiger charge is -2.41. The van der Waals surface area contributed by atoms with E-state index in [1.54, 1.807) is 19.0 Å². The Balaban J connectivity index is 2.95. The Kier molecular flexibility index (Phi) is 3.40. The first kappa shape index (κ1) is 12.4. The van der Waals surface area contributed by atoms with Crippen molar-refractivity contribution in [2.75, 3.05) is 25.6 Å². The number of aliphatic carboxylic acids is 1. The number of carboxylic acids is 1. The second kappa shape index (κ2) is 4.09. The molecule has 0 spiro atoms. The zero-order valence-electron chi connectivity index (χ0n) is 9.06. The molecule has 1 atom stereocenters. The lowest BCUT2D eigenvalue weighted by atomic mass is 9.90. The summed E-state index contributed by atoms with van der Waals surface area (Å²) in [7, 11) is 0.394. The molecule has 0 amide bonds. The predicted molar refractivity (Wildman–Crippen MR) is 56.6 cm³/mol. The fraction of sp³-hybridized carbons (Fsp3) is 0.889. The highest BCUT2D eigenvalue weighted by Crippen LogP contribution is 2.30. The van der Waals surface area contributed by atoms with Crippen molar-refractivity contribution in [3.63, 3.8) is 0 Å². The quantitative estimate of drug-likeness (QED) is 0.743. The molecule has 1 aliphatic rings. The topological polar surface area (TPSA) is 74.7 Å². The molecule has 1 aliphatic heterocycles. The van der Waals surface area contributed by atoms with Crippen molar-refractivity contribution in [1.82, 2.24) is 4.90 Å². The lowest BCUT2D eigenvalue weighted by Crippen LogP contribution is -2.54. The van der Waals surface area contributed by atoms with Gasteiger partial charge in [0.1, 0.15) is 0 Å². The van der Waals surface area contributed by atoms with Gasteiger partial charge in [-0.05, 0) is 26.9 Å². The van der Waals surface area contributed by atoms with Crippen LogP contribution in [0.25, 0.3) is 0 Å². The van der Waals surface area contributed by atoms with Crippen LogP contribution in [0.3, 0.4) is 0 Å². The van der Waals surface area contributed by atoms with Crippen LogP contribution in [0.5, 0.6) is 0 Å². The van der Waals surface area contributed by atoms with Crippen molar-refractivity contribution < 1.29 is 18.3 Å². The van der Waals surface area contributed by atoms with E-state index in [4.69, 9.17) is 5.11 Å². The normalized spacial score (nSPS) is 30.3. The molecule has 88 valence electrons. The molecule has 15 heavy (non-hydrogen) atoms. The maximum Gasteiger partial charge on any atom is 0.305 e. The van der Waals surface area contributed by atoms with E-state index >= 15 is 0 Å². The summed E-state index contributed by atoms with van der Waals surface area (Å²) >= 11 is 0. The Morgan fingerprint density at radius 3 is 2.47 bits per heavy atom. The van der Waals surface area contributed by atoms with Gasteiger partial charge < -0.3 is 10.0 Å². The van der Waals surface area contributed by atoms with Gasteiger partial charge in [0.25, 0.3) is 0 Å². The summed E-state index contributed by atoms with van der Waals surface area (Å²) in [6.07, 6.45) is 1.07. The summed E-state index contributed by atoms with van der Waals surface area (Å²) in [6, 6.07) is 0. The van der Waals surface area contributed by atoms with Gasteiger partial charge in [0.2, 0.25) is 0 Å². The van der Waals surface area contributed by atoms with E-state index in [0.717, 1.165) is 0 Å². The van der Waals surface area contributed by atoms with E-state index in [9.17, 15) is 13.2 Å². The Morgan fingerprint density at radius 1 is 1.47 bits per heavy atom. The molecule has 0 bridgehead atoms. The van der Waals surface area contributed by atoms with Gasteiger partial charge >= 0.3 is 5.97 Å². The standard InChI is InChI=1S/C9H17NO4S/c1-10(2)9(6-8(11)12)4-3-5-15(13,14)7-9/h3-7H2,1-2H3,(H,11,12). The minimum atomic E-state index is -3.09. The van der Waals surface area contributed by atoms with E-state index < -0.39 is 21.3 Å². The minimum Gasteiger partial charge on any atom is -0.481 e. The van der Waals surface area contributed by atoms with Crippen LogP contribution >= 0.6 is 0 Å². The van der Waals surface area contributed by atoms with Crippen molar-refractivity contribution in [3.8, 4) is 0 Å². The zero-order valence-corrected chi connectivity index (χ0v) is 9.88. The molecule has 1 saturated heterocycles. The Labute approximate surface area is 90.0 Å². The molecule has 1 rings (SSSR count). The average molecular weight is 235 g/mol. The minimum absolute atomic E-state index is 0.0424. The average Bonchev–Trinajstić information content (AvgIpc) is 1.99. The molecule has 5 nitrogen and oxygen atoms in total. The van der Waals surface area contributed by atoms with Crippen molar-refractivity contribution >= 4 is 15.8 Å². The van der Waals surface area contributed by atoms with E-state index in [1.807, 2.05) is 0 Å². The van der Waals surface area contributed by atoms with Crippen LogP contribution in [0.15, 0.2) is 0 Å². The third-order valence-electron chi connectivity index (χ3n) is 3.02. The highest BCUT2D eigenvalue weighted by Gasteiger charge is 2.42. The maximum absolute atomic E-state index is 11.5. The van der Waals surface area contributed by atoms with E-state index in [-0.39, 0.29) is 17.9 Å². The zero-order chi connectivity index (χ0) is 11.7. The van der Waals surface area contributed by atoms with Crippen molar-refractivity contribution in [3.05, 3.63) is 0 Å². The summed E-state index contributed by atoms with van der Waals surface area (Å²) in [5.41, 5.74) is -0.719. The van der Waals surface area contributed by atoms with Crippen molar-refractivity contribution in [2.24, 2.45) is 0 Å². The van der Waals surface area contributed by atoms with Crippen molar-refractivity contribution in [1.29, 1.82) is 0 Å². The third-order valence-corrected chi connectivity index (χ3v) is 4.90. The highest BCUT2D eigenvalue weighted by atomic mass is 32.2. The first-order valence-corrected chi connectivity index (χ1v) is 6.69. The second-order valence-electron chi connectivity index (χ2n) is 4.38. The molecule has 1 heterocycles. The fourth-order valence-corrected chi connectivity index (χ4v) is 4.16. The van der Waals surface area contributed by atoms with Crippen LogP contribution in [0.4, 0.5) is 0 Å². The molecule has 6 heteroatoms. The fourth-order valence-electron chi connectivity index (χ4n) is 2.11. The number of hydrogen-bond donors (Lipinski definition) is 1. The van der Waals surface area contributed by atoms with Gasteiger partial charge in [-0.3, -0.25) is 4.79 Å². The maximum atomic E-state index is 11.5. The molecule has 1 N–H and O–H groups in total. The molecule has 0 aromatic rings. The molecule has 0 aliphatic carbocycles. The third kappa shape index (κ3) is 2.92. The van der Waals surface area contributed by atoms with Gasteiger partial charge in [-0.1, -0.05) is 0 Å². The first-order chi connectivity index (χ1) is 6.77. The Bertz CT molecular complexity index is 349. The SMILES string of the molecule is CN(C)C1(CC(=O)O)CCCS(=O)(=O)C1. The molecule has 1 unspecified atom stereocenters. The monoisotopic (exact) mass is 235 g/mol. The summed E-state index contributed by atoms with van der Waals surface area (Å²) in [5, 5.41) is 8.83. The molecular weight excluding hydrogens is 218 g/mol. The van der Waals surface area contributed by atoms with Crippen LogP contribution in [0.2, 0.25) is 0 Å². The van der Waals surface area contributed by atoms with Gasteiger partial charge in [0, 0.05) is 5.54 Å². The molecular formula is C9H17NO4S. The number of carboxylic acid groups (broad SMARTS) is 1. The van der Waals surface area contributed by atoms with E-state index in [0.29, 0.717) is 12.8 Å². The Hall–Kier alpha value is -0.620. The van der Waals surface area contributed by atoms with Gasteiger partial charge in [-0.2, -0.15) is 0 Å². The van der Waals surface area contributed by atoms with Crippen LogP contribution < -0.4 is 0 Å². The number of carbonyl (C=O) groups is 1. The predicted octanol–water partition coefficient (Wildman–Crippen LogP) is -0.0299. The number of sulfone groups is 1. The van der Waals surface area contributed by atoms with Gasteiger partial charge in [0.15, 0.2) is 9.84 Å². The molecule has 0 radical (unpaired) electrons. The van der Waals surface area contributed by atoms with Crippen LogP contribution in [0, 0.1) is 0 Å². The van der Waals surface area contributed by atoms with Gasteiger partial charge in [-0.25, -0.2) is 8.42 Å². The summed E-state index contributed by atoms with van der Waals surface area (Å²) < 4.78 is 23.1. The first-order valence-electron chi connectivity index (χ1n) is 4.87. The van der Waals surface area contributed by atoms with Gasteiger partial charge in [-0.15, -0.1) is 0 Å². The number of rotatable bonds is 3. The lowest BCUT2D eigenvalue weighted by molar-refractivity contribution is -0.139.